The monoisotopic (exact) mass is 428 g/mol. The average Bonchev–Trinajstić information content (AvgIpc) is 2.82. The van der Waals surface area contributed by atoms with E-state index in [4.69, 9.17) is 0 Å². The van der Waals surface area contributed by atoms with Gasteiger partial charge in [0.2, 0.25) is 0 Å². The highest BCUT2D eigenvalue weighted by Gasteiger charge is 2.08. The van der Waals surface area contributed by atoms with Gasteiger partial charge in [0.25, 0.3) is 0 Å². The van der Waals surface area contributed by atoms with Gasteiger partial charge >= 0.3 is 0 Å². The summed E-state index contributed by atoms with van der Waals surface area (Å²) in [6.45, 7) is 8.64. The molecule has 0 heterocycles. The van der Waals surface area contributed by atoms with E-state index in [2.05, 4.69) is 37.7 Å². The number of para-hydroxylation sites is 2. The number of nitrogens with zero attached hydrogens (tertiary/aromatic N) is 2. The summed E-state index contributed by atoms with van der Waals surface area (Å²) < 4.78 is 0. The van der Waals surface area contributed by atoms with Crippen LogP contribution in [0.25, 0.3) is 0 Å². The van der Waals surface area contributed by atoms with Crippen molar-refractivity contribution in [1.82, 2.24) is 0 Å². The number of benzene rings is 3. The van der Waals surface area contributed by atoms with E-state index in [1.165, 1.54) is 11.1 Å². The Balaban J connectivity index is 1.89. The molecule has 0 aliphatic heterocycles. The van der Waals surface area contributed by atoms with Crippen LogP contribution >= 0.6 is 0 Å². The van der Waals surface area contributed by atoms with Gasteiger partial charge in [-0.25, -0.2) is 0 Å². The Hall–Kier alpha value is -3.40. The van der Waals surface area contributed by atoms with Gasteiger partial charge in [0.05, 0.1) is 11.4 Å². The zero-order valence-electron chi connectivity index (χ0n) is 19.3. The Morgan fingerprint density at radius 2 is 1.09 bits per heavy atom. The Labute approximate surface area is 191 Å². The number of rotatable bonds is 8. The van der Waals surface area contributed by atoms with Gasteiger partial charge in [-0.2, -0.15) is 0 Å². The lowest BCUT2D eigenvalue weighted by Gasteiger charge is -2.10. The second kappa shape index (κ2) is 10.8. The molecular weight excluding hydrogens is 396 g/mol. The molecule has 3 aromatic carbocycles. The van der Waals surface area contributed by atoms with Crippen LogP contribution in [0, 0.1) is 0 Å². The van der Waals surface area contributed by atoms with Crippen molar-refractivity contribution in [3.05, 3.63) is 82.9 Å². The molecule has 0 fully saturated rings. The average molecular weight is 429 g/mol. The molecule has 4 nitrogen and oxygen atoms in total. The van der Waals surface area contributed by atoms with Gasteiger partial charge in [-0.1, -0.05) is 52.0 Å². The molecule has 3 rings (SSSR count). The fourth-order valence-corrected chi connectivity index (χ4v) is 3.40. The van der Waals surface area contributed by atoms with Crippen molar-refractivity contribution in [2.75, 3.05) is 0 Å². The summed E-state index contributed by atoms with van der Waals surface area (Å²) in [5.74, 6) is 1.24. The van der Waals surface area contributed by atoms with Gasteiger partial charge in [-0.3, -0.25) is 9.98 Å². The number of aromatic hydroxyl groups is 2. The predicted octanol–water partition coefficient (Wildman–Crippen LogP) is 7.63. The number of aliphatic imine (C=N–C) groups is 2. The molecule has 2 N–H and O–H groups in total. The van der Waals surface area contributed by atoms with E-state index in [-0.39, 0.29) is 11.5 Å². The first-order chi connectivity index (χ1) is 15.4. The van der Waals surface area contributed by atoms with Gasteiger partial charge in [0.1, 0.15) is 11.5 Å². The Morgan fingerprint density at radius 3 is 1.47 bits per heavy atom. The summed E-state index contributed by atoms with van der Waals surface area (Å²) in [6.07, 6.45) is 5.42. The maximum absolute atomic E-state index is 10.3. The summed E-state index contributed by atoms with van der Waals surface area (Å²) in [5, 5.41) is 20.5. The van der Waals surface area contributed by atoms with Crippen LogP contribution < -0.4 is 0 Å². The summed E-state index contributed by atoms with van der Waals surface area (Å²) in [4.78, 5) is 9.19. The van der Waals surface area contributed by atoms with Gasteiger partial charge in [0, 0.05) is 23.6 Å². The van der Waals surface area contributed by atoms with Crippen LogP contribution in [0.3, 0.4) is 0 Å². The van der Waals surface area contributed by atoms with E-state index in [0.29, 0.717) is 34.3 Å². The van der Waals surface area contributed by atoms with Crippen LogP contribution in [0.2, 0.25) is 0 Å². The molecule has 2 unspecified atom stereocenters. The van der Waals surface area contributed by atoms with Crippen LogP contribution in [-0.2, 0) is 0 Å². The summed E-state index contributed by atoms with van der Waals surface area (Å²) in [7, 11) is 0. The first-order valence-electron chi connectivity index (χ1n) is 11.3. The second-order valence-electron chi connectivity index (χ2n) is 8.26. The molecule has 0 saturated carbocycles. The van der Waals surface area contributed by atoms with Crippen LogP contribution in [-0.4, -0.2) is 22.6 Å². The number of hydrogen-bond acceptors (Lipinski definition) is 4. The first kappa shape index (κ1) is 23.3. The van der Waals surface area contributed by atoms with Gasteiger partial charge < -0.3 is 10.2 Å². The normalized spacial score (nSPS) is 13.6. The first-order valence-corrected chi connectivity index (χ1v) is 11.3. The highest BCUT2D eigenvalue weighted by Crippen LogP contribution is 2.30. The molecule has 32 heavy (non-hydrogen) atoms. The number of hydrogen-bond donors (Lipinski definition) is 2. The second-order valence-corrected chi connectivity index (χ2v) is 8.26. The molecule has 0 saturated heterocycles. The molecule has 0 amide bonds. The lowest BCUT2D eigenvalue weighted by molar-refractivity contribution is 0.473. The largest absolute Gasteiger partial charge is 0.507 e. The summed E-state index contributed by atoms with van der Waals surface area (Å²) in [6, 6.07) is 18.9. The SMILES string of the molecule is CCC(C)c1ccc(O)c(C=Nc2ccccc2N=Cc2cc(C(C)CC)ccc2O)c1. The van der Waals surface area contributed by atoms with Crippen molar-refractivity contribution in [2.45, 2.75) is 52.4 Å². The molecule has 0 bridgehead atoms. The zero-order chi connectivity index (χ0) is 23.1. The van der Waals surface area contributed by atoms with Crippen molar-refractivity contribution >= 4 is 23.8 Å². The topological polar surface area (TPSA) is 65.2 Å². The predicted molar refractivity (Wildman–Crippen MR) is 135 cm³/mol. The van der Waals surface area contributed by atoms with Crippen LogP contribution in [0.1, 0.15) is 74.6 Å². The van der Waals surface area contributed by atoms with Crippen molar-refractivity contribution in [1.29, 1.82) is 0 Å². The minimum atomic E-state index is 0.202. The Bertz CT molecular complexity index is 1030. The van der Waals surface area contributed by atoms with E-state index in [9.17, 15) is 10.2 Å². The molecule has 0 aliphatic rings. The Kier molecular flexibility index (Phi) is 7.82. The Morgan fingerprint density at radius 1 is 0.688 bits per heavy atom. The van der Waals surface area contributed by atoms with Crippen molar-refractivity contribution < 1.29 is 10.2 Å². The lowest BCUT2D eigenvalue weighted by atomic mass is 9.97. The van der Waals surface area contributed by atoms with Crippen molar-refractivity contribution in [3.8, 4) is 11.5 Å². The fraction of sp³-hybridized carbons (Fsp3) is 0.286. The maximum atomic E-state index is 10.3. The molecule has 166 valence electrons. The van der Waals surface area contributed by atoms with Gasteiger partial charge in [-0.15, -0.1) is 0 Å². The number of phenols is 2. The maximum Gasteiger partial charge on any atom is 0.124 e. The van der Waals surface area contributed by atoms with E-state index in [1.54, 1.807) is 24.6 Å². The molecular formula is C28H32N2O2. The third-order valence-corrected chi connectivity index (χ3v) is 6.03. The summed E-state index contributed by atoms with van der Waals surface area (Å²) >= 11 is 0. The van der Waals surface area contributed by atoms with Crippen LogP contribution in [0.5, 0.6) is 11.5 Å². The molecule has 0 aromatic heterocycles. The van der Waals surface area contributed by atoms with E-state index in [0.717, 1.165) is 12.8 Å². The molecule has 0 radical (unpaired) electrons. The smallest absolute Gasteiger partial charge is 0.124 e. The molecule has 0 aliphatic carbocycles. The zero-order valence-corrected chi connectivity index (χ0v) is 19.3. The van der Waals surface area contributed by atoms with E-state index < -0.39 is 0 Å². The standard InChI is InChI=1S/C28H32N2O2/c1-5-19(3)21-11-13-27(31)23(15-21)17-29-25-9-7-8-10-26(25)30-18-24-16-22(20(4)6-2)12-14-28(24)32/h7-20,31-32H,5-6H2,1-4H3. The van der Waals surface area contributed by atoms with E-state index in [1.807, 2.05) is 48.5 Å². The number of phenolic OH excluding ortho intramolecular Hbond substituents is 2. The van der Waals surface area contributed by atoms with Crippen molar-refractivity contribution in [3.63, 3.8) is 0 Å². The van der Waals surface area contributed by atoms with Gasteiger partial charge in [0.15, 0.2) is 0 Å². The highest BCUT2D eigenvalue weighted by atomic mass is 16.3. The third kappa shape index (κ3) is 5.64. The molecule has 2 atom stereocenters. The van der Waals surface area contributed by atoms with Crippen LogP contribution in [0.15, 0.2) is 70.6 Å². The molecule has 3 aromatic rings. The molecule has 4 heteroatoms. The van der Waals surface area contributed by atoms with Crippen molar-refractivity contribution in [2.24, 2.45) is 9.98 Å². The third-order valence-electron chi connectivity index (χ3n) is 6.03. The molecule has 0 spiro atoms. The summed E-state index contributed by atoms with van der Waals surface area (Å²) in [5.41, 5.74) is 5.09. The highest BCUT2D eigenvalue weighted by molar-refractivity contribution is 5.89. The van der Waals surface area contributed by atoms with Gasteiger partial charge in [-0.05, 0) is 72.2 Å². The lowest BCUT2D eigenvalue weighted by Crippen LogP contribution is -1.93. The van der Waals surface area contributed by atoms with Crippen LogP contribution in [0.4, 0.5) is 11.4 Å². The minimum absolute atomic E-state index is 0.202. The quantitative estimate of drug-likeness (QED) is 0.362. The van der Waals surface area contributed by atoms with E-state index >= 15 is 0 Å². The fourth-order valence-electron chi connectivity index (χ4n) is 3.40. The minimum Gasteiger partial charge on any atom is -0.507 e.